The molecule has 2 saturated heterocycles. The molecule has 0 bridgehead atoms. The zero-order valence-electron chi connectivity index (χ0n) is 45.8. The van der Waals surface area contributed by atoms with Crippen molar-refractivity contribution >= 4 is 82.6 Å². The number of nitrogens with zero attached hydrogens (tertiary/aromatic N) is 4. The summed E-state index contributed by atoms with van der Waals surface area (Å²) < 4.78 is 0. The lowest BCUT2D eigenvalue weighted by Gasteiger charge is -2.47. The molecule has 0 radical (unpaired) electrons. The van der Waals surface area contributed by atoms with Gasteiger partial charge in [0.2, 0.25) is 65.0 Å². The first-order valence-electron chi connectivity index (χ1n) is 26.4. The molecule has 0 aromatic rings. The number of carbonyl (C=O) groups is 13. The van der Waals surface area contributed by atoms with E-state index in [1.807, 2.05) is 0 Å². The number of primary amides is 2. The van der Waals surface area contributed by atoms with Crippen LogP contribution in [0.25, 0.3) is 0 Å². The average molecular weight is 1200 g/mol. The summed E-state index contributed by atoms with van der Waals surface area (Å²) in [6.07, 6.45) is 1.12. The highest BCUT2D eigenvalue weighted by molar-refractivity contribution is 5.99. The number of aliphatic hydroxyl groups is 5. The van der Waals surface area contributed by atoms with Crippen LogP contribution in [-0.2, 0) is 62.3 Å². The van der Waals surface area contributed by atoms with Gasteiger partial charge in [-0.2, -0.15) is 0 Å². The van der Waals surface area contributed by atoms with E-state index in [0.717, 1.165) is 6.92 Å². The highest BCUT2D eigenvalue weighted by atomic mass is 16.5. The van der Waals surface area contributed by atoms with E-state index < -0.39 is 194 Å². The van der Waals surface area contributed by atoms with Gasteiger partial charge in [0.05, 0.1) is 57.4 Å². The van der Waals surface area contributed by atoms with Crippen LogP contribution in [0.3, 0.4) is 0 Å². The van der Waals surface area contributed by atoms with Gasteiger partial charge in [-0.3, -0.25) is 77.7 Å². The average Bonchev–Trinajstić information content (AvgIpc) is 1.06. The van der Waals surface area contributed by atoms with Crippen LogP contribution in [0.4, 0.5) is 0 Å². The van der Waals surface area contributed by atoms with Crippen molar-refractivity contribution in [1.82, 2.24) is 73.5 Å². The van der Waals surface area contributed by atoms with Gasteiger partial charge in [0.25, 0.3) is 11.8 Å². The van der Waals surface area contributed by atoms with Gasteiger partial charge in [0, 0.05) is 19.6 Å². The van der Waals surface area contributed by atoms with E-state index in [9.17, 15) is 98.3 Å². The van der Waals surface area contributed by atoms with Gasteiger partial charge in [-0.05, 0) is 63.3 Å². The minimum atomic E-state index is -2.17. The molecule has 22 N–H and O–H groups in total. The van der Waals surface area contributed by atoms with E-state index in [1.165, 1.54) is 30.1 Å². The molecule has 4 aliphatic heterocycles. The van der Waals surface area contributed by atoms with E-state index in [0.29, 0.717) is 17.1 Å². The molecular weight excluding hydrogens is 1130 g/mol. The predicted octanol–water partition coefficient (Wildman–Crippen LogP) is -10.6. The largest absolute Gasteiger partial charge is 0.504 e. The number of hydrogen-bond acceptors (Lipinski definition) is 24. The van der Waals surface area contributed by atoms with Crippen molar-refractivity contribution in [3.8, 4) is 0 Å². The Morgan fingerprint density at radius 1 is 0.776 bits per heavy atom. The molecule has 466 valence electrons. The third-order valence-corrected chi connectivity index (χ3v) is 13.4. The fourth-order valence-electron chi connectivity index (χ4n) is 8.98. The number of rotatable bonds is 27. The van der Waals surface area contributed by atoms with Crippen LogP contribution in [-0.4, -0.2) is 247 Å². The van der Waals surface area contributed by atoms with Crippen molar-refractivity contribution in [2.24, 2.45) is 16.5 Å². The second-order valence-corrected chi connectivity index (χ2v) is 19.8. The summed E-state index contributed by atoms with van der Waals surface area (Å²) in [6, 6.07) is -12.4. The highest BCUT2D eigenvalue weighted by Gasteiger charge is 2.43. The number of aliphatic imine (C=N–C) groups is 1. The van der Waals surface area contributed by atoms with Crippen LogP contribution in [0.2, 0.25) is 0 Å². The first kappa shape index (κ1) is 66.3. The Bertz CT molecular complexity index is 2820. The van der Waals surface area contributed by atoms with E-state index in [1.54, 1.807) is 0 Å². The van der Waals surface area contributed by atoms with E-state index in [2.05, 4.69) is 63.5 Å². The third kappa shape index (κ3) is 18.0. The van der Waals surface area contributed by atoms with Crippen molar-refractivity contribution in [2.75, 3.05) is 52.5 Å². The van der Waals surface area contributed by atoms with E-state index >= 15 is 0 Å². The normalized spacial score (nSPS) is 21.0. The Morgan fingerprint density at radius 3 is 2.07 bits per heavy atom. The van der Waals surface area contributed by atoms with E-state index in [-0.39, 0.29) is 61.3 Å². The fourth-order valence-corrected chi connectivity index (χ4v) is 8.98. The molecule has 37 heteroatoms. The fraction of sp³-hybridized carbons (Fsp3) is 0.542. The standard InChI is InChI=1S/C48H69N17O20/c1-20(42(77)54-16-37(74)58-24-4-3-9-63(84)47(24)82)56-36(73)15-53-43(78)21(2)57-46(81)30(13-34(49)71)65(85)48(83)27(19-67)60-38(75)17-55-44(79)23-5-7-51-40(61-23)26(18-66)62-45(80)28-6-8-52-41-25(59-35(72)14-33(70)39(50)76)10-22-11-31(68)32(69)12-29(22)64(28)41/h10-12,20-21,23-24,26-30,33,52,66-70,84-85H,3-9,13-19H2,1-2H3,(H2,49,71)(H2,50,76)(H,51,61)(H,53,78)(H,54,77)(H,55,79)(H,56,73)(H,57,81)(H,58,74)(H,59,72)(H,60,75)(H,62,80)/t20-,21+,23?,24+,26?,27+,28+,29?,30-,33?/m1/s1. The molecule has 1 aliphatic carbocycles. The SMILES string of the molecule is C[C@H](NC(=O)[C@@H](CC(N)=O)N(O)C(=O)[C@H](CO)NC(=O)CNC(=O)C1CCN=C(C(CO)NC(=O)[C@@H]2CCNC3=C(NC(=O)CC(O)C(N)=O)C=C4C=C(O)C(O)=CC4N32)N1)C(=O)NCC(=O)N[C@H](C)C(=O)NCC(=O)N[C@H]1CCCN(O)C1=O. The van der Waals surface area contributed by atoms with Crippen molar-refractivity contribution in [2.45, 2.75) is 113 Å². The van der Waals surface area contributed by atoms with Crippen molar-refractivity contribution < 1.29 is 98.3 Å². The van der Waals surface area contributed by atoms with Crippen LogP contribution in [0.1, 0.15) is 52.4 Å². The Hall–Kier alpha value is -9.46. The van der Waals surface area contributed by atoms with Crippen LogP contribution in [0.5, 0.6) is 0 Å². The zero-order chi connectivity index (χ0) is 63.0. The summed E-state index contributed by atoms with van der Waals surface area (Å²) in [5.74, 6) is -14.0. The zero-order valence-corrected chi connectivity index (χ0v) is 45.8. The summed E-state index contributed by atoms with van der Waals surface area (Å²) in [5.41, 5.74) is 10.7. The molecule has 85 heavy (non-hydrogen) atoms. The maximum Gasteiger partial charge on any atom is 0.271 e. The van der Waals surface area contributed by atoms with E-state index in [4.69, 9.17) is 11.5 Å². The van der Waals surface area contributed by atoms with Gasteiger partial charge in [-0.15, -0.1) is 0 Å². The molecule has 4 unspecified atom stereocenters. The molecule has 10 atom stereocenters. The number of amides is 13. The number of fused-ring (bicyclic) bond motifs is 3. The van der Waals surface area contributed by atoms with Gasteiger partial charge in [0.1, 0.15) is 66.1 Å². The Balaban J connectivity index is 1.10. The van der Waals surface area contributed by atoms with Crippen molar-refractivity contribution in [3.05, 3.63) is 46.8 Å². The Labute approximate surface area is 482 Å². The lowest BCUT2D eigenvalue weighted by molar-refractivity contribution is -0.184. The number of allylic oxidation sites excluding steroid dienone is 1. The number of aliphatic hydroxyl groups excluding tert-OH is 5. The topological polar surface area (TPSA) is 570 Å². The number of nitrogens with one attached hydrogen (secondary N) is 11. The molecule has 0 aromatic carbocycles. The summed E-state index contributed by atoms with van der Waals surface area (Å²) in [5, 5.41) is 98.4. The number of carbonyl (C=O) groups excluding carboxylic acids is 13. The number of amidine groups is 1. The predicted molar refractivity (Wildman–Crippen MR) is 284 cm³/mol. The monoisotopic (exact) mass is 1200 g/mol. The van der Waals surface area contributed by atoms with Gasteiger partial charge >= 0.3 is 0 Å². The maximum absolute atomic E-state index is 14.2. The molecule has 5 aliphatic rings. The summed E-state index contributed by atoms with van der Waals surface area (Å²) in [6.45, 7) is -1.60. The van der Waals surface area contributed by atoms with Gasteiger partial charge in [-0.25, -0.2) is 10.1 Å². The third-order valence-electron chi connectivity index (χ3n) is 13.4. The molecule has 37 nitrogen and oxygen atoms in total. The van der Waals surface area contributed by atoms with Crippen molar-refractivity contribution in [3.63, 3.8) is 0 Å². The minimum absolute atomic E-state index is 0.0247. The minimum Gasteiger partial charge on any atom is -0.504 e. The first-order chi connectivity index (χ1) is 40.1. The van der Waals surface area contributed by atoms with Crippen LogP contribution >= 0.6 is 0 Å². The quantitative estimate of drug-likeness (QED) is 0.0268. The molecule has 4 heterocycles. The van der Waals surface area contributed by atoms with Crippen molar-refractivity contribution in [1.29, 1.82) is 0 Å². The molecule has 2 fully saturated rings. The Kier molecular flexibility index (Phi) is 23.6. The first-order valence-corrected chi connectivity index (χ1v) is 26.4. The molecule has 0 spiro atoms. The number of nitrogens with two attached hydrogens (primary N) is 2. The number of hydroxylamine groups is 4. The van der Waals surface area contributed by atoms with Crippen LogP contribution < -0.4 is 70.0 Å². The molecule has 13 amide bonds. The van der Waals surface area contributed by atoms with Gasteiger partial charge in [-0.1, -0.05) is 0 Å². The van der Waals surface area contributed by atoms with Gasteiger partial charge < -0.3 is 100 Å². The summed E-state index contributed by atoms with van der Waals surface area (Å²) in [7, 11) is 0. The second-order valence-electron chi connectivity index (χ2n) is 19.8. The van der Waals surface area contributed by atoms with Crippen LogP contribution in [0.15, 0.2) is 51.8 Å². The second kappa shape index (κ2) is 30.2. The van der Waals surface area contributed by atoms with Gasteiger partial charge in [0.15, 0.2) is 11.5 Å². The Morgan fingerprint density at radius 2 is 1.42 bits per heavy atom. The summed E-state index contributed by atoms with van der Waals surface area (Å²) >= 11 is 0. The number of hydrogen-bond donors (Lipinski definition) is 20. The molecule has 0 aromatic heterocycles. The summed E-state index contributed by atoms with van der Waals surface area (Å²) in [4.78, 5) is 171. The lowest BCUT2D eigenvalue weighted by atomic mass is 9.90. The maximum atomic E-state index is 14.2. The highest BCUT2D eigenvalue weighted by Crippen LogP contribution is 2.35. The lowest BCUT2D eigenvalue weighted by Crippen LogP contribution is -2.63. The smallest absolute Gasteiger partial charge is 0.271 e. The van der Waals surface area contributed by atoms with Crippen LogP contribution in [0, 0.1) is 0 Å². The molecular formula is C48H69N17O20. The number of piperidine rings is 1. The molecule has 5 rings (SSSR count). The molecule has 0 saturated carbocycles.